The number of hydrogen-bond acceptors (Lipinski definition) is 3. The van der Waals surface area contributed by atoms with Crippen molar-refractivity contribution >= 4 is 5.97 Å². The zero-order valence-corrected chi connectivity index (χ0v) is 14.5. The lowest BCUT2D eigenvalue weighted by molar-refractivity contribution is -0.147. The number of likely N-dealkylation sites (tertiary alicyclic amines) is 1. The van der Waals surface area contributed by atoms with Crippen LogP contribution in [-0.4, -0.2) is 41.8 Å². The Morgan fingerprint density at radius 3 is 2.52 bits per heavy atom. The summed E-state index contributed by atoms with van der Waals surface area (Å²) in [6.07, 6.45) is -4.45. The first-order chi connectivity index (χ1) is 11.7. The molecule has 0 radical (unpaired) electrons. The predicted octanol–water partition coefficient (Wildman–Crippen LogP) is 3.93. The Kier molecular flexibility index (Phi) is 6.32. The number of ether oxygens (including phenoxy) is 1. The van der Waals surface area contributed by atoms with E-state index >= 15 is 0 Å². The van der Waals surface area contributed by atoms with Gasteiger partial charge in [0.15, 0.2) is 0 Å². The second kappa shape index (κ2) is 8.08. The molecule has 0 unspecified atom stereocenters. The molecule has 140 valence electrons. The molecule has 1 N–H and O–H groups in total. The fraction of sp³-hybridized carbons (Fsp3) is 0.611. The van der Waals surface area contributed by atoms with Gasteiger partial charge in [0, 0.05) is 26.1 Å². The third-order valence-electron chi connectivity index (χ3n) is 4.66. The molecule has 0 bridgehead atoms. The zero-order valence-electron chi connectivity index (χ0n) is 14.5. The smallest absolute Gasteiger partial charge is 0.389 e. The molecule has 7 heteroatoms. The first-order valence-electron chi connectivity index (χ1n) is 8.41. The van der Waals surface area contributed by atoms with Gasteiger partial charge in [0.2, 0.25) is 0 Å². The minimum Gasteiger partial charge on any atom is -0.493 e. The summed E-state index contributed by atoms with van der Waals surface area (Å²) in [5.41, 5.74) is 3.17. The van der Waals surface area contributed by atoms with Crippen molar-refractivity contribution in [2.45, 2.75) is 45.8 Å². The number of hydrogen-bond donors (Lipinski definition) is 1. The molecule has 0 atom stereocenters. The van der Waals surface area contributed by atoms with Crippen LogP contribution in [0.25, 0.3) is 0 Å². The molecule has 0 saturated carbocycles. The van der Waals surface area contributed by atoms with Crippen LogP contribution in [0.15, 0.2) is 12.1 Å². The number of carboxylic acid groups (broad SMARTS) is 1. The SMILES string of the molecule is Cc1c(CN2CC(C(=O)O)C2)ccc(OCCCCC(F)(F)F)c1C. The van der Waals surface area contributed by atoms with Crippen LogP contribution in [0.5, 0.6) is 5.75 Å². The standard InChI is InChI=1S/C18H24F3NO3/c1-12-13(2)16(25-8-4-3-7-18(19,20)21)6-5-14(12)9-22-10-15(11-22)17(23)24/h5-6,15H,3-4,7-11H2,1-2H3,(H,23,24). The number of aliphatic carboxylic acids is 1. The van der Waals surface area contributed by atoms with E-state index in [1.165, 1.54) is 0 Å². The Morgan fingerprint density at radius 1 is 1.24 bits per heavy atom. The number of carboxylic acids is 1. The molecule has 1 saturated heterocycles. The number of alkyl halides is 3. The zero-order chi connectivity index (χ0) is 18.6. The molecule has 1 aromatic rings. The molecule has 1 aromatic carbocycles. The van der Waals surface area contributed by atoms with Gasteiger partial charge in [-0.2, -0.15) is 13.2 Å². The van der Waals surface area contributed by atoms with Crippen molar-refractivity contribution in [1.29, 1.82) is 0 Å². The molecule has 1 fully saturated rings. The monoisotopic (exact) mass is 359 g/mol. The van der Waals surface area contributed by atoms with Crippen LogP contribution in [-0.2, 0) is 11.3 Å². The maximum Gasteiger partial charge on any atom is 0.389 e. The fourth-order valence-electron chi connectivity index (χ4n) is 2.89. The number of carbonyl (C=O) groups is 1. The average Bonchev–Trinajstić information content (AvgIpc) is 2.46. The summed E-state index contributed by atoms with van der Waals surface area (Å²) < 4.78 is 41.9. The lowest BCUT2D eigenvalue weighted by atomic mass is 9.97. The Balaban J connectivity index is 1.82. The summed E-state index contributed by atoms with van der Waals surface area (Å²) >= 11 is 0. The van der Waals surface area contributed by atoms with Crippen LogP contribution in [0, 0.1) is 19.8 Å². The molecule has 25 heavy (non-hydrogen) atoms. The van der Waals surface area contributed by atoms with Crippen molar-refractivity contribution < 1.29 is 27.8 Å². The Bertz CT molecular complexity index is 610. The van der Waals surface area contributed by atoms with Gasteiger partial charge in [-0.05, 0) is 49.4 Å². The van der Waals surface area contributed by atoms with Gasteiger partial charge in [-0.15, -0.1) is 0 Å². The van der Waals surface area contributed by atoms with E-state index in [4.69, 9.17) is 9.84 Å². The maximum atomic E-state index is 12.1. The van der Waals surface area contributed by atoms with Gasteiger partial charge in [0.1, 0.15) is 5.75 Å². The minimum atomic E-state index is -4.11. The highest BCUT2D eigenvalue weighted by Crippen LogP contribution is 2.28. The van der Waals surface area contributed by atoms with Crippen LogP contribution in [0.3, 0.4) is 0 Å². The summed E-state index contributed by atoms with van der Waals surface area (Å²) in [5.74, 6) is -0.334. The number of halogens is 3. The highest BCUT2D eigenvalue weighted by atomic mass is 19.4. The number of rotatable bonds is 8. The molecular weight excluding hydrogens is 335 g/mol. The van der Waals surface area contributed by atoms with E-state index in [0.29, 0.717) is 31.8 Å². The number of benzene rings is 1. The molecule has 1 heterocycles. The molecule has 1 aliphatic rings. The maximum absolute atomic E-state index is 12.1. The summed E-state index contributed by atoms with van der Waals surface area (Å²) in [4.78, 5) is 12.9. The normalized spacial score (nSPS) is 15.9. The first kappa shape index (κ1) is 19.6. The van der Waals surface area contributed by atoms with E-state index < -0.39 is 18.6 Å². The van der Waals surface area contributed by atoms with E-state index in [1.807, 2.05) is 26.0 Å². The Labute approximate surface area is 145 Å². The van der Waals surface area contributed by atoms with Gasteiger partial charge in [-0.1, -0.05) is 6.07 Å². The quantitative estimate of drug-likeness (QED) is 0.715. The van der Waals surface area contributed by atoms with Crippen molar-refractivity contribution in [3.63, 3.8) is 0 Å². The van der Waals surface area contributed by atoms with Crippen molar-refractivity contribution in [3.05, 3.63) is 28.8 Å². The van der Waals surface area contributed by atoms with E-state index in [9.17, 15) is 18.0 Å². The molecule has 4 nitrogen and oxygen atoms in total. The second-order valence-electron chi connectivity index (χ2n) is 6.62. The fourth-order valence-corrected chi connectivity index (χ4v) is 2.89. The topological polar surface area (TPSA) is 49.8 Å². The van der Waals surface area contributed by atoms with Gasteiger partial charge < -0.3 is 9.84 Å². The highest BCUT2D eigenvalue weighted by molar-refractivity contribution is 5.71. The van der Waals surface area contributed by atoms with Gasteiger partial charge in [-0.25, -0.2) is 0 Å². The lowest BCUT2D eigenvalue weighted by Crippen LogP contribution is -2.49. The van der Waals surface area contributed by atoms with Crippen LogP contribution >= 0.6 is 0 Å². The van der Waals surface area contributed by atoms with Gasteiger partial charge in [0.05, 0.1) is 12.5 Å². The largest absolute Gasteiger partial charge is 0.493 e. The summed E-state index contributed by atoms with van der Waals surface area (Å²) in [5, 5.41) is 8.91. The van der Waals surface area contributed by atoms with E-state index in [-0.39, 0.29) is 18.9 Å². The average molecular weight is 359 g/mol. The van der Waals surface area contributed by atoms with Crippen LogP contribution in [0.2, 0.25) is 0 Å². The van der Waals surface area contributed by atoms with Crippen LogP contribution in [0.1, 0.15) is 36.0 Å². The van der Waals surface area contributed by atoms with Gasteiger partial charge >= 0.3 is 12.1 Å². The molecule has 1 aliphatic heterocycles. The van der Waals surface area contributed by atoms with Crippen LogP contribution in [0.4, 0.5) is 13.2 Å². The first-order valence-corrected chi connectivity index (χ1v) is 8.41. The van der Waals surface area contributed by atoms with Gasteiger partial charge in [-0.3, -0.25) is 9.69 Å². The number of nitrogens with zero attached hydrogens (tertiary/aromatic N) is 1. The Hall–Kier alpha value is -1.76. The number of unbranched alkanes of at least 4 members (excludes halogenated alkanes) is 1. The summed E-state index contributed by atoms with van der Waals surface area (Å²) in [6, 6.07) is 3.79. The van der Waals surface area contributed by atoms with E-state index in [2.05, 4.69) is 4.90 Å². The molecule has 0 aromatic heterocycles. The minimum absolute atomic E-state index is 0.0688. The molecule has 0 spiro atoms. The Morgan fingerprint density at radius 2 is 1.92 bits per heavy atom. The third kappa shape index (κ3) is 5.63. The van der Waals surface area contributed by atoms with E-state index in [1.54, 1.807) is 0 Å². The molecule has 0 aliphatic carbocycles. The van der Waals surface area contributed by atoms with E-state index in [0.717, 1.165) is 16.7 Å². The molecule has 0 amide bonds. The summed E-state index contributed by atoms with van der Waals surface area (Å²) in [6.45, 7) is 6.00. The predicted molar refractivity (Wildman–Crippen MR) is 87.7 cm³/mol. The van der Waals surface area contributed by atoms with Crippen molar-refractivity contribution in [3.8, 4) is 5.75 Å². The lowest BCUT2D eigenvalue weighted by Gasteiger charge is -2.37. The van der Waals surface area contributed by atoms with Crippen molar-refractivity contribution in [2.24, 2.45) is 5.92 Å². The van der Waals surface area contributed by atoms with Crippen molar-refractivity contribution in [2.75, 3.05) is 19.7 Å². The van der Waals surface area contributed by atoms with Gasteiger partial charge in [0.25, 0.3) is 0 Å². The highest BCUT2D eigenvalue weighted by Gasteiger charge is 2.32. The third-order valence-corrected chi connectivity index (χ3v) is 4.66. The summed E-state index contributed by atoms with van der Waals surface area (Å²) in [7, 11) is 0. The molecular formula is C18H24F3NO3. The second-order valence-corrected chi connectivity index (χ2v) is 6.62. The molecule has 2 rings (SSSR count). The van der Waals surface area contributed by atoms with Crippen LogP contribution < -0.4 is 4.74 Å². The van der Waals surface area contributed by atoms with Crippen molar-refractivity contribution in [1.82, 2.24) is 4.90 Å².